The molecule has 0 amide bonds. The van der Waals surface area contributed by atoms with Crippen LogP contribution in [0.2, 0.25) is 5.02 Å². The molecule has 0 spiro atoms. The molecule has 1 rings (SSSR count). The van der Waals surface area contributed by atoms with Gasteiger partial charge in [0.15, 0.2) is 0 Å². The zero-order valence-electron chi connectivity index (χ0n) is 6.39. The van der Waals surface area contributed by atoms with Gasteiger partial charge in [0, 0.05) is 0 Å². The van der Waals surface area contributed by atoms with Gasteiger partial charge in [-0.05, 0) is 24.1 Å². The maximum Gasteiger partial charge on any atom is 0.141 e. The molecule has 0 aliphatic rings. The van der Waals surface area contributed by atoms with Gasteiger partial charge in [0.2, 0.25) is 0 Å². The number of halogens is 2. The molecule has 0 aliphatic heterocycles. The van der Waals surface area contributed by atoms with Crippen molar-refractivity contribution in [3.05, 3.63) is 34.6 Å². The van der Waals surface area contributed by atoms with E-state index in [2.05, 4.69) is 4.84 Å². The normalized spacial score (nSPS) is 10.2. The molecule has 0 radical (unpaired) electrons. The monoisotopic (exact) mass is 189 g/mol. The number of hydrogen-bond donors (Lipinski definition) is 1. The van der Waals surface area contributed by atoms with Crippen molar-refractivity contribution in [3.8, 4) is 0 Å². The highest BCUT2D eigenvalue weighted by Gasteiger charge is 1.99. The summed E-state index contributed by atoms with van der Waals surface area (Å²) in [6.45, 7) is 0.405. The molecule has 0 fully saturated rings. The molecule has 0 unspecified atom stereocenters. The molecule has 0 aromatic heterocycles. The van der Waals surface area contributed by atoms with Gasteiger partial charge in [-0.1, -0.05) is 17.7 Å². The number of benzene rings is 1. The Balaban J connectivity index is 2.69. The van der Waals surface area contributed by atoms with Crippen molar-refractivity contribution >= 4 is 11.6 Å². The highest BCUT2D eigenvalue weighted by Crippen LogP contribution is 2.16. The zero-order valence-corrected chi connectivity index (χ0v) is 7.14. The third-order valence-corrected chi connectivity index (χ3v) is 1.78. The van der Waals surface area contributed by atoms with Gasteiger partial charge >= 0.3 is 0 Å². The van der Waals surface area contributed by atoms with Gasteiger partial charge in [-0.2, -0.15) is 0 Å². The van der Waals surface area contributed by atoms with Gasteiger partial charge < -0.3 is 4.84 Å². The Hall–Kier alpha value is -0.640. The Morgan fingerprint density at radius 3 is 2.83 bits per heavy atom. The van der Waals surface area contributed by atoms with Crippen molar-refractivity contribution in [1.82, 2.24) is 0 Å². The summed E-state index contributed by atoms with van der Waals surface area (Å²) in [5.41, 5.74) is 0.909. The van der Waals surface area contributed by atoms with Crippen LogP contribution in [0.1, 0.15) is 5.56 Å². The molecular formula is C8H9ClFNO. The Labute approximate surface area is 75.0 Å². The predicted molar refractivity (Wildman–Crippen MR) is 45.3 cm³/mol. The summed E-state index contributed by atoms with van der Waals surface area (Å²) in [5.74, 6) is 4.43. The smallest absolute Gasteiger partial charge is 0.141 e. The van der Waals surface area contributed by atoms with Crippen molar-refractivity contribution in [3.63, 3.8) is 0 Å². The first-order valence-electron chi connectivity index (χ1n) is 3.49. The first-order chi connectivity index (χ1) is 5.74. The van der Waals surface area contributed by atoms with E-state index in [-0.39, 0.29) is 5.02 Å². The predicted octanol–water partition coefficient (Wildman–Crippen LogP) is 1.91. The second-order valence-corrected chi connectivity index (χ2v) is 2.78. The van der Waals surface area contributed by atoms with Gasteiger partial charge in [-0.15, -0.1) is 0 Å². The van der Waals surface area contributed by atoms with Crippen molar-refractivity contribution in [1.29, 1.82) is 0 Å². The fourth-order valence-electron chi connectivity index (χ4n) is 0.872. The van der Waals surface area contributed by atoms with Crippen molar-refractivity contribution in [2.75, 3.05) is 6.61 Å². The van der Waals surface area contributed by atoms with E-state index in [1.807, 2.05) is 0 Å². The van der Waals surface area contributed by atoms with Crippen LogP contribution >= 0.6 is 11.6 Å². The summed E-state index contributed by atoms with van der Waals surface area (Å²) in [6, 6.07) is 4.55. The molecule has 0 atom stereocenters. The van der Waals surface area contributed by atoms with Crippen molar-refractivity contribution < 1.29 is 9.23 Å². The van der Waals surface area contributed by atoms with Crippen LogP contribution in [-0.2, 0) is 11.3 Å². The maximum absolute atomic E-state index is 12.6. The third-order valence-electron chi connectivity index (χ3n) is 1.49. The molecule has 2 nitrogen and oxygen atoms in total. The van der Waals surface area contributed by atoms with E-state index in [1.165, 1.54) is 6.07 Å². The molecule has 1 aromatic carbocycles. The van der Waals surface area contributed by atoms with Crippen LogP contribution in [0.4, 0.5) is 4.39 Å². The van der Waals surface area contributed by atoms with E-state index >= 15 is 0 Å². The number of nitrogens with two attached hydrogens (primary N) is 1. The second-order valence-electron chi connectivity index (χ2n) is 2.37. The first-order valence-corrected chi connectivity index (χ1v) is 3.87. The third kappa shape index (κ3) is 2.44. The minimum atomic E-state index is -0.408. The molecule has 0 saturated carbocycles. The number of hydrogen-bond acceptors (Lipinski definition) is 2. The summed E-state index contributed by atoms with van der Waals surface area (Å²) >= 11 is 5.55. The van der Waals surface area contributed by atoms with Gasteiger partial charge in [0.05, 0.1) is 11.6 Å². The molecule has 2 N–H and O–H groups in total. The highest BCUT2D eigenvalue weighted by atomic mass is 35.5. The van der Waals surface area contributed by atoms with Crippen LogP contribution in [0.3, 0.4) is 0 Å². The minimum absolute atomic E-state index is 0.129. The molecule has 1 aromatic rings. The zero-order chi connectivity index (χ0) is 8.97. The van der Waals surface area contributed by atoms with E-state index < -0.39 is 5.82 Å². The average molecular weight is 190 g/mol. The Morgan fingerprint density at radius 1 is 1.50 bits per heavy atom. The fraction of sp³-hybridized carbons (Fsp3) is 0.250. The Morgan fingerprint density at radius 2 is 2.25 bits per heavy atom. The minimum Gasteiger partial charge on any atom is -0.304 e. The standard InChI is InChI=1S/C8H9ClFNO/c9-7-5-6(3-4-12-11)1-2-8(7)10/h1-2,5H,3-4,11H2. The summed E-state index contributed by atoms with van der Waals surface area (Å²) < 4.78 is 12.6. The van der Waals surface area contributed by atoms with Gasteiger partial charge in [0.25, 0.3) is 0 Å². The van der Waals surface area contributed by atoms with Gasteiger partial charge in [-0.25, -0.2) is 10.3 Å². The molecule has 0 heterocycles. The lowest BCUT2D eigenvalue weighted by atomic mass is 10.2. The Bertz CT molecular complexity index is 267. The fourth-order valence-corrected chi connectivity index (χ4v) is 1.08. The van der Waals surface area contributed by atoms with Crippen molar-refractivity contribution in [2.24, 2.45) is 5.90 Å². The molecule has 12 heavy (non-hydrogen) atoms. The largest absolute Gasteiger partial charge is 0.304 e. The summed E-state index contributed by atoms with van der Waals surface area (Å²) in [5, 5.41) is 0.129. The van der Waals surface area contributed by atoms with Gasteiger partial charge in [-0.3, -0.25) is 0 Å². The lowest BCUT2D eigenvalue weighted by Gasteiger charge is -2.00. The molecular weight excluding hydrogens is 181 g/mol. The lowest BCUT2D eigenvalue weighted by molar-refractivity contribution is 0.141. The lowest BCUT2D eigenvalue weighted by Crippen LogP contribution is -2.03. The van der Waals surface area contributed by atoms with E-state index in [1.54, 1.807) is 12.1 Å². The van der Waals surface area contributed by atoms with Crippen LogP contribution in [0, 0.1) is 5.82 Å². The summed E-state index contributed by atoms with van der Waals surface area (Å²) in [7, 11) is 0. The summed E-state index contributed by atoms with van der Waals surface area (Å²) in [4.78, 5) is 4.38. The van der Waals surface area contributed by atoms with Crippen LogP contribution in [0.15, 0.2) is 18.2 Å². The van der Waals surface area contributed by atoms with E-state index in [0.29, 0.717) is 13.0 Å². The quantitative estimate of drug-likeness (QED) is 0.738. The van der Waals surface area contributed by atoms with E-state index in [4.69, 9.17) is 17.5 Å². The van der Waals surface area contributed by atoms with Crippen LogP contribution < -0.4 is 5.90 Å². The maximum atomic E-state index is 12.6. The van der Waals surface area contributed by atoms with Crippen LogP contribution in [0.5, 0.6) is 0 Å². The van der Waals surface area contributed by atoms with E-state index in [0.717, 1.165) is 5.56 Å². The van der Waals surface area contributed by atoms with Crippen molar-refractivity contribution in [2.45, 2.75) is 6.42 Å². The molecule has 0 saturated heterocycles. The second kappa shape index (κ2) is 4.40. The topological polar surface area (TPSA) is 35.2 Å². The highest BCUT2D eigenvalue weighted by molar-refractivity contribution is 6.30. The molecule has 0 aliphatic carbocycles. The molecule has 66 valence electrons. The Kier molecular flexibility index (Phi) is 3.47. The van der Waals surface area contributed by atoms with Crippen LogP contribution in [0.25, 0.3) is 0 Å². The average Bonchev–Trinajstić information content (AvgIpc) is 2.07. The molecule has 4 heteroatoms. The van der Waals surface area contributed by atoms with E-state index in [9.17, 15) is 4.39 Å². The van der Waals surface area contributed by atoms with Gasteiger partial charge in [0.1, 0.15) is 5.82 Å². The summed E-state index contributed by atoms with van der Waals surface area (Å²) in [6.07, 6.45) is 0.635. The number of rotatable bonds is 3. The first kappa shape index (κ1) is 9.45. The van der Waals surface area contributed by atoms with Crippen LogP contribution in [-0.4, -0.2) is 6.61 Å². The molecule has 0 bridgehead atoms. The SMILES string of the molecule is NOCCc1ccc(F)c(Cl)c1.